The van der Waals surface area contributed by atoms with Crippen molar-refractivity contribution in [1.29, 1.82) is 0 Å². The number of hydrogen-bond donors (Lipinski definition) is 2. The van der Waals surface area contributed by atoms with E-state index in [1.165, 1.54) is 6.07 Å². The Morgan fingerprint density at radius 2 is 1.74 bits per heavy atom. The molecule has 0 amide bonds. The Morgan fingerprint density at radius 1 is 1.05 bits per heavy atom. The highest BCUT2D eigenvalue weighted by atomic mass is 19.1. The number of hydrogen-bond acceptors (Lipinski definition) is 3. The first-order chi connectivity index (χ1) is 9.25. The molecule has 0 aliphatic heterocycles. The lowest BCUT2D eigenvalue weighted by molar-refractivity contribution is 0.117. The number of benzene rings is 2. The van der Waals surface area contributed by atoms with Crippen LogP contribution in [0.3, 0.4) is 0 Å². The lowest BCUT2D eigenvalue weighted by Gasteiger charge is -2.14. The zero-order valence-corrected chi connectivity index (χ0v) is 10.4. The molecule has 2 N–H and O–H groups in total. The number of para-hydroxylation sites is 2. The topological polar surface area (TPSA) is 41.5 Å². The number of aliphatic hydroxyl groups excluding tert-OH is 1. The summed E-state index contributed by atoms with van der Waals surface area (Å²) in [5, 5.41) is 12.6. The van der Waals surface area contributed by atoms with Crippen LogP contribution in [0.15, 0.2) is 54.6 Å². The lowest BCUT2D eigenvalue weighted by atomic mass is 10.3. The van der Waals surface area contributed by atoms with Crippen LogP contribution >= 0.6 is 0 Å². The molecule has 0 aromatic heterocycles. The second-order valence-corrected chi connectivity index (χ2v) is 4.14. The van der Waals surface area contributed by atoms with Gasteiger partial charge in [0, 0.05) is 6.54 Å². The molecule has 4 heteroatoms. The third-order valence-corrected chi connectivity index (χ3v) is 2.59. The van der Waals surface area contributed by atoms with Gasteiger partial charge in [-0.15, -0.1) is 0 Å². The molecule has 2 rings (SSSR count). The van der Waals surface area contributed by atoms with Gasteiger partial charge in [-0.3, -0.25) is 0 Å². The summed E-state index contributed by atoms with van der Waals surface area (Å²) < 4.78 is 18.7. The lowest BCUT2D eigenvalue weighted by Crippen LogP contribution is -2.26. The number of halogens is 1. The normalized spacial score (nSPS) is 11.9. The predicted molar refractivity (Wildman–Crippen MR) is 72.8 cm³/mol. The zero-order valence-electron chi connectivity index (χ0n) is 10.4. The maximum atomic E-state index is 13.3. The summed E-state index contributed by atoms with van der Waals surface area (Å²) in [4.78, 5) is 0. The van der Waals surface area contributed by atoms with Crippen LogP contribution in [0.25, 0.3) is 0 Å². The van der Waals surface area contributed by atoms with Gasteiger partial charge >= 0.3 is 0 Å². The fourth-order valence-corrected chi connectivity index (χ4v) is 1.60. The summed E-state index contributed by atoms with van der Waals surface area (Å²) >= 11 is 0. The molecule has 0 bridgehead atoms. The minimum atomic E-state index is -0.709. The predicted octanol–water partition coefficient (Wildman–Crippen LogP) is 2.68. The molecule has 1 atom stereocenters. The highest BCUT2D eigenvalue weighted by Gasteiger charge is 2.06. The Balaban J connectivity index is 1.76. The van der Waals surface area contributed by atoms with Crippen LogP contribution in [-0.2, 0) is 0 Å². The van der Waals surface area contributed by atoms with Gasteiger partial charge in [-0.25, -0.2) is 4.39 Å². The quantitative estimate of drug-likeness (QED) is 0.840. The molecule has 0 aliphatic rings. The van der Waals surface area contributed by atoms with E-state index in [1.54, 1.807) is 18.2 Å². The number of anilines is 1. The van der Waals surface area contributed by atoms with Crippen LogP contribution in [0.2, 0.25) is 0 Å². The first kappa shape index (κ1) is 13.4. The molecule has 0 heterocycles. The number of nitrogens with one attached hydrogen (secondary N) is 1. The Labute approximate surface area is 111 Å². The fraction of sp³-hybridized carbons (Fsp3) is 0.200. The van der Waals surface area contributed by atoms with Crippen molar-refractivity contribution in [3.8, 4) is 5.75 Å². The first-order valence-electron chi connectivity index (χ1n) is 6.10. The highest BCUT2D eigenvalue weighted by molar-refractivity contribution is 5.44. The molecule has 0 spiro atoms. The van der Waals surface area contributed by atoms with Crippen molar-refractivity contribution in [3.05, 3.63) is 60.4 Å². The molecule has 0 aliphatic carbocycles. The molecule has 100 valence electrons. The highest BCUT2D eigenvalue weighted by Crippen LogP contribution is 2.12. The second-order valence-electron chi connectivity index (χ2n) is 4.14. The van der Waals surface area contributed by atoms with Crippen molar-refractivity contribution in [2.24, 2.45) is 0 Å². The van der Waals surface area contributed by atoms with Gasteiger partial charge in [0.25, 0.3) is 0 Å². The van der Waals surface area contributed by atoms with Crippen molar-refractivity contribution >= 4 is 5.69 Å². The number of rotatable bonds is 6. The van der Waals surface area contributed by atoms with E-state index in [0.29, 0.717) is 11.4 Å². The van der Waals surface area contributed by atoms with Crippen LogP contribution in [0.1, 0.15) is 0 Å². The van der Waals surface area contributed by atoms with Crippen LogP contribution in [0.5, 0.6) is 5.75 Å². The molecule has 3 nitrogen and oxygen atoms in total. The van der Waals surface area contributed by atoms with Gasteiger partial charge in [0.15, 0.2) is 0 Å². The van der Waals surface area contributed by atoms with Gasteiger partial charge in [0.2, 0.25) is 0 Å². The molecule has 0 saturated heterocycles. The van der Waals surface area contributed by atoms with Gasteiger partial charge < -0.3 is 15.2 Å². The van der Waals surface area contributed by atoms with Crippen molar-refractivity contribution < 1.29 is 14.2 Å². The monoisotopic (exact) mass is 261 g/mol. The van der Waals surface area contributed by atoms with Crippen LogP contribution < -0.4 is 10.1 Å². The van der Waals surface area contributed by atoms with Crippen molar-refractivity contribution in [1.82, 2.24) is 0 Å². The molecule has 0 radical (unpaired) electrons. The fourth-order valence-electron chi connectivity index (χ4n) is 1.60. The van der Waals surface area contributed by atoms with E-state index in [4.69, 9.17) is 4.74 Å². The smallest absolute Gasteiger partial charge is 0.146 e. The number of ether oxygens (including phenoxy) is 1. The molecular weight excluding hydrogens is 245 g/mol. The van der Waals surface area contributed by atoms with Gasteiger partial charge in [-0.1, -0.05) is 30.3 Å². The first-order valence-corrected chi connectivity index (χ1v) is 6.10. The largest absolute Gasteiger partial charge is 0.491 e. The Bertz CT molecular complexity index is 505. The van der Waals surface area contributed by atoms with Gasteiger partial charge in [0.05, 0.1) is 5.69 Å². The molecular formula is C15H16FNO2. The summed E-state index contributed by atoms with van der Waals surface area (Å²) in [5.41, 5.74) is 0.376. The maximum Gasteiger partial charge on any atom is 0.146 e. The van der Waals surface area contributed by atoms with Gasteiger partial charge in [-0.2, -0.15) is 0 Å². The molecule has 19 heavy (non-hydrogen) atoms. The van der Waals surface area contributed by atoms with Gasteiger partial charge in [0.1, 0.15) is 24.3 Å². The average molecular weight is 261 g/mol. The van der Waals surface area contributed by atoms with Crippen molar-refractivity contribution in [3.63, 3.8) is 0 Å². The third kappa shape index (κ3) is 4.26. The number of aliphatic hydroxyl groups is 1. The zero-order chi connectivity index (χ0) is 13.5. The van der Waals surface area contributed by atoms with E-state index in [-0.39, 0.29) is 19.0 Å². The van der Waals surface area contributed by atoms with Crippen LogP contribution in [0.4, 0.5) is 10.1 Å². The Hall–Kier alpha value is -2.07. The van der Waals surface area contributed by atoms with Crippen LogP contribution in [-0.4, -0.2) is 24.4 Å². The van der Waals surface area contributed by atoms with E-state index >= 15 is 0 Å². The molecule has 0 fully saturated rings. The van der Waals surface area contributed by atoms with E-state index in [0.717, 1.165) is 0 Å². The van der Waals surface area contributed by atoms with Gasteiger partial charge in [-0.05, 0) is 24.3 Å². The molecule has 2 aromatic rings. The molecule has 2 aromatic carbocycles. The summed E-state index contributed by atoms with van der Waals surface area (Å²) in [6, 6.07) is 15.6. The van der Waals surface area contributed by atoms with E-state index in [2.05, 4.69) is 5.32 Å². The van der Waals surface area contributed by atoms with Crippen molar-refractivity contribution in [2.45, 2.75) is 6.10 Å². The van der Waals surface area contributed by atoms with E-state index in [1.807, 2.05) is 30.3 Å². The minimum Gasteiger partial charge on any atom is -0.491 e. The summed E-state index contributed by atoms with van der Waals surface area (Å²) in [6.45, 7) is 0.388. The summed E-state index contributed by atoms with van der Waals surface area (Å²) in [6.07, 6.45) is -0.709. The standard InChI is InChI=1S/C15H16FNO2/c16-14-8-4-5-9-15(14)17-10-12(18)11-19-13-6-2-1-3-7-13/h1-9,12,17-18H,10-11H2/t12-/m0/s1. The summed E-state index contributed by atoms with van der Waals surface area (Å²) in [7, 11) is 0. The van der Waals surface area contributed by atoms with E-state index in [9.17, 15) is 9.50 Å². The third-order valence-electron chi connectivity index (χ3n) is 2.59. The molecule has 0 unspecified atom stereocenters. The van der Waals surface area contributed by atoms with Crippen LogP contribution in [0, 0.1) is 5.82 Å². The Kier molecular flexibility index (Phi) is 4.75. The van der Waals surface area contributed by atoms with E-state index < -0.39 is 6.10 Å². The Morgan fingerprint density at radius 3 is 2.47 bits per heavy atom. The molecule has 0 saturated carbocycles. The summed E-state index contributed by atoms with van der Waals surface area (Å²) in [5.74, 6) is 0.367. The second kappa shape index (κ2) is 6.75. The maximum absolute atomic E-state index is 13.3. The minimum absolute atomic E-state index is 0.158. The van der Waals surface area contributed by atoms with Crippen molar-refractivity contribution in [2.75, 3.05) is 18.5 Å². The SMILES string of the molecule is O[C@@H](CNc1ccccc1F)COc1ccccc1. The average Bonchev–Trinajstić information content (AvgIpc) is 2.45.